The van der Waals surface area contributed by atoms with Crippen molar-refractivity contribution in [1.29, 1.82) is 0 Å². The highest BCUT2D eigenvalue weighted by Crippen LogP contribution is 2.31. The molecule has 0 unspecified atom stereocenters. The molecule has 4 rings (SSSR count). The Balaban J connectivity index is 1.80. The molecule has 0 saturated heterocycles. The van der Waals surface area contributed by atoms with Gasteiger partial charge in [0.1, 0.15) is 5.52 Å². The van der Waals surface area contributed by atoms with E-state index in [1.165, 1.54) is 0 Å². The van der Waals surface area contributed by atoms with E-state index in [0.717, 1.165) is 36.6 Å². The number of aromatic nitrogens is 4. The maximum atomic E-state index is 4.58. The zero-order valence-corrected chi connectivity index (χ0v) is 13.1. The SMILES string of the molecule is Brc1cnc2c(Sc3nc4ccccc4[nH]3)ccnc2c1. The number of fused-ring (bicyclic) bond motifs is 2. The Morgan fingerprint density at radius 3 is 2.86 bits per heavy atom. The number of rotatable bonds is 2. The molecule has 3 aromatic heterocycles. The molecule has 0 spiro atoms. The van der Waals surface area contributed by atoms with Crippen LogP contribution in [0.3, 0.4) is 0 Å². The van der Waals surface area contributed by atoms with Crippen LogP contribution in [0.25, 0.3) is 22.1 Å². The Bertz CT molecular complexity index is 918. The molecule has 1 N–H and O–H groups in total. The van der Waals surface area contributed by atoms with Crippen molar-refractivity contribution in [3.05, 3.63) is 53.3 Å². The maximum Gasteiger partial charge on any atom is 0.171 e. The fourth-order valence-electron chi connectivity index (χ4n) is 2.15. The Morgan fingerprint density at radius 1 is 1.05 bits per heavy atom. The number of imidazole rings is 1. The molecule has 6 heteroatoms. The van der Waals surface area contributed by atoms with E-state index in [9.17, 15) is 0 Å². The van der Waals surface area contributed by atoms with Crippen LogP contribution in [0.15, 0.2) is 63.3 Å². The van der Waals surface area contributed by atoms with Gasteiger partial charge in [-0.25, -0.2) is 4.98 Å². The average Bonchev–Trinajstić information content (AvgIpc) is 2.89. The number of nitrogens with one attached hydrogen (secondary N) is 1. The second-order valence-electron chi connectivity index (χ2n) is 4.49. The third-order valence-electron chi connectivity index (χ3n) is 3.08. The smallest absolute Gasteiger partial charge is 0.171 e. The number of pyridine rings is 2. The summed E-state index contributed by atoms with van der Waals surface area (Å²) in [7, 11) is 0. The number of nitrogens with zero attached hydrogens (tertiary/aromatic N) is 3. The lowest BCUT2D eigenvalue weighted by molar-refractivity contribution is 1.08. The van der Waals surface area contributed by atoms with Gasteiger partial charge in [0, 0.05) is 21.8 Å². The van der Waals surface area contributed by atoms with Crippen LogP contribution in [0.2, 0.25) is 0 Å². The molecule has 102 valence electrons. The quantitative estimate of drug-likeness (QED) is 0.577. The summed E-state index contributed by atoms with van der Waals surface area (Å²) in [5.41, 5.74) is 3.75. The van der Waals surface area contributed by atoms with Crippen molar-refractivity contribution in [2.45, 2.75) is 10.1 Å². The highest BCUT2D eigenvalue weighted by Gasteiger charge is 2.09. The van der Waals surface area contributed by atoms with Crippen LogP contribution in [0.1, 0.15) is 0 Å². The Morgan fingerprint density at radius 2 is 1.95 bits per heavy atom. The summed E-state index contributed by atoms with van der Waals surface area (Å²) in [5.74, 6) is 0. The van der Waals surface area contributed by atoms with Crippen LogP contribution in [-0.4, -0.2) is 19.9 Å². The highest BCUT2D eigenvalue weighted by molar-refractivity contribution is 9.10. The number of hydrogen-bond donors (Lipinski definition) is 1. The number of benzene rings is 1. The summed E-state index contributed by atoms with van der Waals surface area (Å²) in [6.07, 6.45) is 3.58. The number of hydrogen-bond acceptors (Lipinski definition) is 4. The number of halogens is 1. The number of aromatic amines is 1. The molecule has 0 saturated carbocycles. The summed E-state index contributed by atoms with van der Waals surface area (Å²) in [6.45, 7) is 0. The van der Waals surface area contributed by atoms with Crippen LogP contribution in [0, 0.1) is 0 Å². The van der Waals surface area contributed by atoms with Gasteiger partial charge in [0.05, 0.1) is 16.6 Å². The van der Waals surface area contributed by atoms with Gasteiger partial charge in [-0.1, -0.05) is 12.1 Å². The standard InChI is InChI=1S/C15H9BrN4S/c16-9-7-12-14(18-8-9)13(5-6-17-12)21-15-19-10-3-1-2-4-11(10)20-15/h1-8H,(H,19,20). The zero-order chi connectivity index (χ0) is 14.2. The molecule has 0 radical (unpaired) electrons. The topological polar surface area (TPSA) is 54.5 Å². The van der Waals surface area contributed by atoms with Gasteiger partial charge in [-0.15, -0.1) is 0 Å². The first-order valence-corrected chi connectivity index (χ1v) is 7.93. The van der Waals surface area contributed by atoms with Crippen molar-refractivity contribution >= 4 is 49.8 Å². The molecule has 0 atom stereocenters. The first-order valence-electron chi connectivity index (χ1n) is 6.32. The van der Waals surface area contributed by atoms with E-state index in [1.807, 2.05) is 36.4 Å². The minimum atomic E-state index is 0.855. The zero-order valence-electron chi connectivity index (χ0n) is 10.7. The predicted molar refractivity (Wildman–Crippen MR) is 87.5 cm³/mol. The van der Waals surface area contributed by atoms with Gasteiger partial charge in [0.2, 0.25) is 0 Å². The fraction of sp³-hybridized carbons (Fsp3) is 0. The summed E-state index contributed by atoms with van der Waals surface area (Å²) in [5, 5.41) is 0.855. The van der Waals surface area contributed by atoms with Gasteiger partial charge in [-0.2, -0.15) is 0 Å². The van der Waals surface area contributed by atoms with Gasteiger partial charge in [-0.05, 0) is 52.0 Å². The lowest BCUT2D eigenvalue weighted by atomic mass is 10.3. The van der Waals surface area contributed by atoms with E-state index in [0.29, 0.717) is 0 Å². The number of H-pyrrole nitrogens is 1. The van der Waals surface area contributed by atoms with Gasteiger partial charge < -0.3 is 4.98 Å². The Kier molecular flexibility index (Phi) is 3.12. The molecule has 0 fully saturated rings. The lowest BCUT2D eigenvalue weighted by Gasteiger charge is -2.03. The molecule has 0 aliphatic rings. The van der Waals surface area contributed by atoms with Crippen molar-refractivity contribution in [2.75, 3.05) is 0 Å². The predicted octanol–water partition coefficient (Wildman–Crippen LogP) is 4.42. The fourth-order valence-corrected chi connectivity index (χ4v) is 3.36. The molecular formula is C15H9BrN4S. The summed E-state index contributed by atoms with van der Waals surface area (Å²) >= 11 is 4.98. The van der Waals surface area contributed by atoms with Crippen molar-refractivity contribution in [3.8, 4) is 0 Å². The van der Waals surface area contributed by atoms with E-state index >= 15 is 0 Å². The summed E-state index contributed by atoms with van der Waals surface area (Å²) < 4.78 is 0.924. The van der Waals surface area contributed by atoms with E-state index in [2.05, 4.69) is 35.9 Å². The van der Waals surface area contributed by atoms with Crippen LogP contribution in [0.5, 0.6) is 0 Å². The van der Waals surface area contributed by atoms with E-state index in [1.54, 1.807) is 24.2 Å². The molecule has 0 aliphatic carbocycles. The van der Waals surface area contributed by atoms with E-state index in [4.69, 9.17) is 0 Å². The van der Waals surface area contributed by atoms with E-state index in [-0.39, 0.29) is 0 Å². The van der Waals surface area contributed by atoms with Gasteiger partial charge in [0.15, 0.2) is 5.16 Å². The first-order chi connectivity index (χ1) is 10.3. The first kappa shape index (κ1) is 12.8. The maximum absolute atomic E-state index is 4.58. The molecule has 4 nitrogen and oxygen atoms in total. The van der Waals surface area contributed by atoms with Crippen molar-refractivity contribution in [2.24, 2.45) is 0 Å². The van der Waals surface area contributed by atoms with Crippen LogP contribution >= 0.6 is 27.7 Å². The molecule has 0 amide bonds. The lowest BCUT2D eigenvalue weighted by Crippen LogP contribution is -1.86. The van der Waals surface area contributed by atoms with Crippen molar-refractivity contribution in [3.63, 3.8) is 0 Å². The second kappa shape index (κ2) is 5.13. The number of para-hydroxylation sites is 2. The Labute approximate surface area is 133 Å². The molecule has 0 bridgehead atoms. The molecule has 3 heterocycles. The second-order valence-corrected chi connectivity index (χ2v) is 6.44. The van der Waals surface area contributed by atoms with Gasteiger partial charge in [-0.3, -0.25) is 9.97 Å². The van der Waals surface area contributed by atoms with E-state index < -0.39 is 0 Å². The van der Waals surface area contributed by atoms with Gasteiger partial charge in [0.25, 0.3) is 0 Å². The molecule has 21 heavy (non-hydrogen) atoms. The van der Waals surface area contributed by atoms with Crippen molar-refractivity contribution < 1.29 is 0 Å². The summed E-state index contributed by atoms with van der Waals surface area (Å²) in [4.78, 5) is 17.7. The monoisotopic (exact) mass is 356 g/mol. The van der Waals surface area contributed by atoms with Crippen LogP contribution in [0.4, 0.5) is 0 Å². The highest BCUT2D eigenvalue weighted by atomic mass is 79.9. The molecular weight excluding hydrogens is 348 g/mol. The minimum Gasteiger partial charge on any atom is -0.333 e. The average molecular weight is 357 g/mol. The molecule has 0 aliphatic heterocycles. The van der Waals surface area contributed by atoms with Crippen LogP contribution < -0.4 is 0 Å². The van der Waals surface area contributed by atoms with Crippen LogP contribution in [-0.2, 0) is 0 Å². The Hall–Kier alpha value is -1.92. The summed E-state index contributed by atoms with van der Waals surface area (Å²) in [6, 6.07) is 11.9. The van der Waals surface area contributed by atoms with Gasteiger partial charge >= 0.3 is 0 Å². The third-order valence-corrected chi connectivity index (χ3v) is 4.45. The largest absolute Gasteiger partial charge is 0.333 e. The van der Waals surface area contributed by atoms with Crippen molar-refractivity contribution in [1.82, 2.24) is 19.9 Å². The third kappa shape index (κ3) is 2.41. The molecule has 4 aromatic rings. The normalized spacial score (nSPS) is 11.3. The molecule has 1 aromatic carbocycles. The minimum absolute atomic E-state index is 0.855.